The molecule has 0 spiro atoms. The Hall–Kier alpha value is -1.10. The standard InChI is InChI=1S/C18H33N3O2/c1-19-11-5-8-17(22)20-12-14-21(15-13-20)18(23)10-9-16-6-3-2-4-7-16/h16,19H,2-15H2,1H3. The molecule has 1 saturated carbocycles. The quantitative estimate of drug-likeness (QED) is 0.729. The highest BCUT2D eigenvalue weighted by molar-refractivity contribution is 5.78. The number of amides is 2. The van der Waals surface area contributed by atoms with E-state index in [9.17, 15) is 9.59 Å². The lowest BCUT2D eigenvalue weighted by atomic mass is 9.86. The van der Waals surface area contributed by atoms with Gasteiger partial charge in [0, 0.05) is 39.0 Å². The minimum absolute atomic E-state index is 0.231. The summed E-state index contributed by atoms with van der Waals surface area (Å²) in [4.78, 5) is 28.3. The SMILES string of the molecule is CNCCCC(=O)N1CCN(C(=O)CCC2CCCCC2)CC1. The van der Waals surface area contributed by atoms with E-state index in [0.717, 1.165) is 25.3 Å². The number of carbonyl (C=O) groups is 2. The summed E-state index contributed by atoms with van der Waals surface area (Å²) in [6, 6.07) is 0. The molecule has 132 valence electrons. The largest absolute Gasteiger partial charge is 0.339 e. The zero-order valence-corrected chi connectivity index (χ0v) is 14.7. The lowest BCUT2D eigenvalue weighted by molar-refractivity contribution is -0.139. The summed E-state index contributed by atoms with van der Waals surface area (Å²) in [6.07, 6.45) is 9.91. The number of carbonyl (C=O) groups excluding carboxylic acids is 2. The first-order valence-electron chi connectivity index (χ1n) is 9.41. The van der Waals surface area contributed by atoms with E-state index in [1.165, 1.54) is 32.1 Å². The minimum atomic E-state index is 0.231. The highest BCUT2D eigenvalue weighted by atomic mass is 16.2. The summed E-state index contributed by atoms with van der Waals surface area (Å²) in [5.74, 6) is 1.29. The Bertz CT molecular complexity index is 372. The van der Waals surface area contributed by atoms with Crippen molar-refractivity contribution in [2.75, 3.05) is 39.8 Å². The molecule has 2 fully saturated rings. The number of nitrogens with zero attached hydrogens (tertiary/aromatic N) is 2. The molecule has 0 aromatic heterocycles. The molecule has 1 heterocycles. The topological polar surface area (TPSA) is 52.7 Å². The third kappa shape index (κ3) is 6.13. The number of nitrogens with one attached hydrogen (secondary N) is 1. The molecule has 2 rings (SSSR count). The van der Waals surface area contributed by atoms with Crippen molar-refractivity contribution in [3.8, 4) is 0 Å². The molecule has 5 heteroatoms. The monoisotopic (exact) mass is 323 g/mol. The van der Waals surface area contributed by atoms with E-state index in [4.69, 9.17) is 0 Å². The van der Waals surface area contributed by atoms with E-state index in [1.807, 2.05) is 16.8 Å². The van der Waals surface area contributed by atoms with Gasteiger partial charge < -0.3 is 15.1 Å². The molecule has 0 unspecified atom stereocenters. The summed E-state index contributed by atoms with van der Waals surface area (Å²) in [5, 5.41) is 3.07. The second kappa shape index (κ2) is 9.91. The molecule has 23 heavy (non-hydrogen) atoms. The van der Waals surface area contributed by atoms with Crippen LogP contribution in [0.4, 0.5) is 0 Å². The molecule has 0 aromatic carbocycles. The first-order valence-corrected chi connectivity index (χ1v) is 9.41. The number of hydrogen-bond donors (Lipinski definition) is 1. The van der Waals surface area contributed by atoms with Crippen molar-refractivity contribution in [3.63, 3.8) is 0 Å². The average Bonchev–Trinajstić information content (AvgIpc) is 2.61. The minimum Gasteiger partial charge on any atom is -0.339 e. The van der Waals surface area contributed by atoms with Gasteiger partial charge in [-0.2, -0.15) is 0 Å². The van der Waals surface area contributed by atoms with Gasteiger partial charge in [0.15, 0.2) is 0 Å². The molecule has 0 radical (unpaired) electrons. The third-order valence-electron chi connectivity index (χ3n) is 5.29. The van der Waals surface area contributed by atoms with Crippen LogP contribution in [-0.4, -0.2) is 61.4 Å². The molecule has 2 amide bonds. The van der Waals surface area contributed by atoms with Crippen LogP contribution in [0.5, 0.6) is 0 Å². The number of hydrogen-bond acceptors (Lipinski definition) is 3. The second-order valence-electron chi connectivity index (χ2n) is 7.01. The third-order valence-corrected chi connectivity index (χ3v) is 5.29. The van der Waals surface area contributed by atoms with Gasteiger partial charge in [-0.3, -0.25) is 9.59 Å². The average molecular weight is 323 g/mol. The molecule has 0 aromatic rings. The zero-order chi connectivity index (χ0) is 16.5. The van der Waals surface area contributed by atoms with Gasteiger partial charge in [-0.05, 0) is 32.4 Å². The smallest absolute Gasteiger partial charge is 0.222 e. The maximum Gasteiger partial charge on any atom is 0.222 e. The summed E-state index contributed by atoms with van der Waals surface area (Å²) in [6.45, 7) is 3.70. The van der Waals surface area contributed by atoms with Gasteiger partial charge in [0.05, 0.1) is 0 Å². The van der Waals surface area contributed by atoms with Crippen LogP contribution in [0.1, 0.15) is 57.8 Å². The van der Waals surface area contributed by atoms with Crippen LogP contribution in [0.25, 0.3) is 0 Å². The molecular formula is C18H33N3O2. The van der Waals surface area contributed by atoms with Crippen molar-refractivity contribution in [1.29, 1.82) is 0 Å². The van der Waals surface area contributed by atoms with Crippen molar-refractivity contribution < 1.29 is 9.59 Å². The van der Waals surface area contributed by atoms with E-state index in [2.05, 4.69) is 5.32 Å². The summed E-state index contributed by atoms with van der Waals surface area (Å²) >= 11 is 0. The Kier molecular flexibility index (Phi) is 7.86. The van der Waals surface area contributed by atoms with Gasteiger partial charge in [-0.15, -0.1) is 0 Å². The molecule has 1 aliphatic carbocycles. The molecule has 5 nitrogen and oxygen atoms in total. The first-order chi connectivity index (χ1) is 11.2. The van der Waals surface area contributed by atoms with Crippen LogP contribution in [0, 0.1) is 5.92 Å². The fourth-order valence-electron chi connectivity index (χ4n) is 3.74. The Balaban J connectivity index is 1.63. The molecule has 1 aliphatic heterocycles. The lowest BCUT2D eigenvalue weighted by Gasteiger charge is -2.35. The van der Waals surface area contributed by atoms with E-state index < -0.39 is 0 Å². The Labute approximate surface area is 140 Å². The molecule has 1 N–H and O–H groups in total. The van der Waals surface area contributed by atoms with Crippen LogP contribution in [0.3, 0.4) is 0 Å². The zero-order valence-electron chi connectivity index (χ0n) is 14.7. The normalized spacial score (nSPS) is 19.9. The van der Waals surface area contributed by atoms with E-state index in [-0.39, 0.29) is 11.8 Å². The van der Waals surface area contributed by atoms with E-state index in [0.29, 0.717) is 39.0 Å². The predicted octanol–water partition coefficient (Wildman–Crippen LogP) is 2.02. The predicted molar refractivity (Wildman–Crippen MR) is 92.1 cm³/mol. The summed E-state index contributed by atoms with van der Waals surface area (Å²) in [5.41, 5.74) is 0. The molecule has 0 bridgehead atoms. The van der Waals surface area contributed by atoms with Crippen molar-refractivity contribution in [2.45, 2.75) is 57.8 Å². The van der Waals surface area contributed by atoms with Gasteiger partial charge in [-0.25, -0.2) is 0 Å². The van der Waals surface area contributed by atoms with Gasteiger partial charge in [0.1, 0.15) is 0 Å². The van der Waals surface area contributed by atoms with Crippen molar-refractivity contribution in [2.24, 2.45) is 5.92 Å². The highest BCUT2D eigenvalue weighted by Gasteiger charge is 2.24. The van der Waals surface area contributed by atoms with Gasteiger partial charge >= 0.3 is 0 Å². The fraction of sp³-hybridized carbons (Fsp3) is 0.889. The Morgan fingerprint density at radius 1 is 0.913 bits per heavy atom. The summed E-state index contributed by atoms with van der Waals surface area (Å²) in [7, 11) is 1.90. The molecule has 2 aliphatic rings. The fourth-order valence-corrected chi connectivity index (χ4v) is 3.74. The number of piperazine rings is 1. The van der Waals surface area contributed by atoms with Crippen molar-refractivity contribution >= 4 is 11.8 Å². The van der Waals surface area contributed by atoms with E-state index >= 15 is 0 Å². The van der Waals surface area contributed by atoms with Crippen LogP contribution < -0.4 is 5.32 Å². The Morgan fingerprint density at radius 2 is 1.48 bits per heavy atom. The lowest BCUT2D eigenvalue weighted by Crippen LogP contribution is -2.50. The molecular weight excluding hydrogens is 290 g/mol. The highest BCUT2D eigenvalue weighted by Crippen LogP contribution is 2.27. The molecule has 1 saturated heterocycles. The van der Waals surface area contributed by atoms with Crippen LogP contribution in [0.15, 0.2) is 0 Å². The van der Waals surface area contributed by atoms with Crippen LogP contribution in [0.2, 0.25) is 0 Å². The first kappa shape index (κ1) is 18.2. The maximum absolute atomic E-state index is 12.3. The number of rotatable bonds is 7. The van der Waals surface area contributed by atoms with Gasteiger partial charge in [-0.1, -0.05) is 32.1 Å². The van der Waals surface area contributed by atoms with Crippen LogP contribution >= 0.6 is 0 Å². The van der Waals surface area contributed by atoms with Crippen LogP contribution in [-0.2, 0) is 9.59 Å². The van der Waals surface area contributed by atoms with E-state index in [1.54, 1.807) is 0 Å². The van der Waals surface area contributed by atoms with Crippen molar-refractivity contribution in [3.05, 3.63) is 0 Å². The van der Waals surface area contributed by atoms with Gasteiger partial charge in [0.2, 0.25) is 11.8 Å². The maximum atomic E-state index is 12.3. The molecule has 0 atom stereocenters. The second-order valence-corrected chi connectivity index (χ2v) is 7.01. The Morgan fingerprint density at radius 3 is 2.04 bits per heavy atom. The van der Waals surface area contributed by atoms with Gasteiger partial charge in [0.25, 0.3) is 0 Å². The van der Waals surface area contributed by atoms with Crippen molar-refractivity contribution in [1.82, 2.24) is 15.1 Å². The summed E-state index contributed by atoms with van der Waals surface area (Å²) < 4.78 is 0.